The van der Waals surface area contributed by atoms with Crippen molar-refractivity contribution in [3.8, 4) is 0 Å². The average molecular weight is 327 g/mol. The van der Waals surface area contributed by atoms with Gasteiger partial charge in [-0.15, -0.1) is 0 Å². The van der Waals surface area contributed by atoms with Gasteiger partial charge < -0.3 is 5.11 Å². The summed E-state index contributed by atoms with van der Waals surface area (Å²) in [6.45, 7) is -0.376. The highest BCUT2D eigenvalue weighted by atomic mass is 127. The summed E-state index contributed by atoms with van der Waals surface area (Å²) in [7, 11) is -3.41. The smallest absolute Gasteiger partial charge is 0.235 e. The molecule has 0 amide bonds. The highest BCUT2D eigenvalue weighted by Crippen LogP contribution is 2.18. The van der Waals surface area contributed by atoms with E-state index < -0.39 is 10.0 Å². The van der Waals surface area contributed by atoms with Gasteiger partial charge in [0, 0.05) is 3.57 Å². The Morgan fingerprint density at radius 2 is 2.00 bits per heavy atom. The minimum Gasteiger partial charge on any atom is -0.395 e. The lowest BCUT2D eigenvalue weighted by Crippen LogP contribution is -2.19. The Kier molecular flexibility index (Phi) is 4.14. The van der Waals surface area contributed by atoms with Crippen molar-refractivity contribution in [3.63, 3.8) is 0 Å². The molecule has 78 valence electrons. The van der Waals surface area contributed by atoms with Crippen molar-refractivity contribution in [1.29, 1.82) is 0 Å². The Hall–Kier alpha value is -0.340. The van der Waals surface area contributed by atoms with E-state index in [2.05, 4.69) is 4.72 Å². The second-order valence-electron chi connectivity index (χ2n) is 2.62. The lowest BCUT2D eigenvalue weighted by atomic mass is 10.3. The number of sulfonamides is 1. The lowest BCUT2D eigenvalue weighted by Gasteiger charge is -2.07. The number of hydrogen-bond donors (Lipinski definition) is 2. The van der Waals surface area contributed by atoms with E-state index in [1.54, 1.807) is 18.2 Å². The zero-order chi connectivity index (χ0) is 10.6. The SMILES string of the molecule is O=S(=O)(CCO)Nc1ccccc1I. The standard InChI is InChI=1S/C8H10INO3S/c9-7-3-1-2-4-8(7)10-14(12,13)6-5-11/h1-4,10-11H,5-6H2. The van der Waals surface area contributed by atoms with E-state index in [-0.39, 0.29) is 12.4 Å². The van der Waals surface area contributed by atoms with Crippen LogP contribution in [0.3, 0.4) is 0 Å². The maximum atomic E-state index is 11.3. The van der Waals surface area contributed by atoms with Gasteiger partial charge in [-0.25, -0.2) is 8.42 Å². The van der Waals surface area contributed by atoms with Gasteiger partial charge in [0.2, 0.25) is 10.0 Å². The molecule has 14 heavy (non-hydrogen) atoms. The third-order valence-corrected chi connectivity index (χ3v) is 3.69. The van der Waals surface area contributed by atoms with Gasteiger partial charge in [-0.2, -0.15) is 0 Å². The fraction of sp³-hybridized carbons (Fsp3) is 0.250. The van der Waals surface area contributed by atoms with Gasteiger partial charge in [0.15, 0.2) is 0 Å². The molecule has 0 radical (unpaired) electrons. The number of nitrogens with one attached hydrogen (secondary N) is 1. The zero-order valence-corrected chi connectivity index (χ0v) is 10.2. The van der Waals surface area contributed by atoms with E-state index in [1.807, 2.05) is 28.7 Å². The van der Waals surface area contributed by atoms with Gasteiger partial charge in [-0.3, -0.25) is 4.72 Å². The van der Waals surface area contributed by atoms with Crippen LogP contribution in [0, 0.1) is 3.57 Å². The second-order valence-corrected chi connectivity index (χ2v) is 5.63. The lowest BCUT2D eigenvalue weighted by molar-refractivity contribution is 0.320. The molecule has 0 unspecified atom stereocenters. The fourth-order valence-electron chi connectivity index (χ4n) is 0.883. The normalized spacial score (nSPS) is 11.3. The van der Waals surface area contributed by atoms with Crippen molar-refractivity contribution in [1.82, 2.24) is 0 Å². The number of para-hydroxylation sites is 1. The van der Waals surface area contributed by atoms with Crippen LogP contribution in [0.4, 0.5) is 5.69 Å². The van der Waals surface area contributed by atoms with Crippen LogP contribution in [0.5, 0.6) is 0 Å². The van der Waals surface area contributed by atoms with Gasteiger partial charge in [0.25, 0.3) is 0 Å². The summed E-state index contributed by atoms with van der Waals surface area (Å²) in [5.41, 5.74) is 0.543. The third kappa shape index (κ3) is 3.43. The average Bonchev–Trinajstić information content (AvgIpc) is 2.08. The number of aliphatic hydroxyl groups excluding tert-OH is 1. The maximum Gasteiger partial charge on any atom is 0.235 e. The number of anilines is 1. The molecular formula is C8H10INO3S. The molecular weight excluding hydrogens is 317 g/mol. The molecule has 2 N–H and O–H groups in total. The van der Waals surface area contributed by atoms with E-state index in [4.69, 9.17) is 5.11 Å². The zero-order valence-electron chi connectivity index (χ0n) is 7.27. The Bertz CT molecular complexity index is 405. The first-order valence-electron chi connectivity index (χ1n) is 3.91. The molecule has 6 heteroatoms. The molecule has 0 aliphatic rings. The van der Waals surface area contributed by atoms with Crippen molar-refractivity contribution in [2.45, 2.75) is 0 Å². The molecule has 0 heterocycles. The third-order valence-electron chi connectivity index (χ3n) is 1.50. The minimum atomic E-state index is -3.41. The highest BCUT2D eigenvalue weighted by molar-refractivity contribution is 14.1. The van der Waals surface area contributed by atoms with Crippen molar-refractivity contribution >= 4 is 38.3 Å². The first kappa shape index (κ1) is 11.7. The van der Waals surface area contributed by atoms with Crippen LogP contribution in [0.1, 0.15) is 0 Å². The molecule has 0 fully saturated rings. The minimum absolute atomic E-state index is 0.280. The topological polar surface area (TPSA) is 66.4 Å². The van der Waals surface area contributed by atoms with E-state index in [0.29, 0.717) is 5.69 Å². The molecule has 1 aromatic rings. The van der Waals surface area contributed by atoms with Gasteiger partial charge in [-0.1, -0.05) is 12.1 Å². The first-order valence-corrected chi connectivity index (χ1v) is 6.64. The second kappa shape index (κ2) is 4.94. The highest BCUT2D eigenvalue weighted by Gasteiger charge is 2.10. The van der Waals surface area contributed by atoms with Crippen molar-refractivity contribution in [2.24, 2.45) is 0 Å². The summed E-state index contributed by atoms with van der Waals surface area (Å²) in [6.07, 6.45) is 0. The summed E-state index contributed by atoms with van der Waals surface area (Å²) in [4.78, 5) is 0. The van der Waals surface area contributed by atoms with Crippen molar-refractivity contribution < 1.29 is 13.5 Å². The number of halogens is 1. The van der Waals surface area contributed by atoms with Crippen LogP contribution in [-0.2, 0) is 10.0 Å². The van der Waals surface area contributed by atoms with Gasteiger partial charge in [-0.05, 0) is 34.7 Å². The predicted molar refractivity (Wildman–Crippen MR) is 63.7 cm³/mol. The predicted octanol–water partition coefficient (Wildman–Crippen LogP) is 1.03. The number of hydrogen-bond acceptors (Lipinski definition) is 3. The Morgan fingerprint density at radius 1 is 1.36 bits per heavy atom. The first-order chi connectivity index (χ1) is 6.55. The summed E-state index contributed by atoms with van der Waals surface area (Å²) >= 11 is 2.04. The van der Waals surface area contributed by atoms with Gasteiger partial charge in [0.1, 0.15) is 0 Å². The molecule has 1 rings (SSSR count). The van der Waals surface area contributed by atoms with Crippen molar-refractivity contribution in [2.75, 3.05) is 17.1 Å². The van der Waals surface area contributed by atoms with Crippen LogP contribution in [0.15, 0.2) is 24.3 Å². The molecule has 0 aliphatic heterocycles. The van der Waals surface area contributed by atoms with Crippen LogP contribution in [0.2, 0.25) is 0 Å². The Labute approximate surface area is 96.5 Å². The summed E-state index contributed by atoms with van der Waals surface area (Å²) < 4.78 is 25.8. The summed E-state index contributed by atoms with van der Waals surface area (Å²) in [5, 5.41) is 8.53. The number of benzene rings is 1. The quantitative estimate of drug-likeness (QED) is 0.812. The Morgan fingerprint density at radius 3 is 2.57 bits per heavy atom. The Balaban J connectivity index is 2.84. The summed E-state index contributed by atoms with van der Waals surface area (Å²) in [6, 6.07) is 7.05. The van der Waals surface area contributed by atoms with Crippen LogP contribution in [-0.4, -0.2) is 25.9 Å². The number of rotatable bonds is 4. The molecule has 0 aliphatic carbocycles. The molecule has 0 aromatic heterocycles. The monoisotopic (exact) mass is 327 g/mol. The van der Waals surface area contributed by atoms with Crippen LogP contribution in [0.25, 0.3) is 0 Å². The number of aliphatic hydroxyl groups is 1. The molecule has 1 aromatic carbocycles. The van der Waals surface area contributed by atoms with E-state index in [1.165, 1.54) is 0 Å². The largest absolute Gasteiger partial charge is 0.395 e. The molecule has 0 spiro atoms. The fourth-order valence-corrected chi connectivity index (χ4v) is 2.44. The molecule has 0 saturated carbocycles. The van der Waals surface area contributed by atoms with Crippen LogP contribution >= 0.6 is 22.6 Å². The maximum absolute atomic E-state index is 11.3. The molecule has 0 atom stereocenters. The van der Waals surface area contributed by atoms with E-state index in [9.17, 15) is 8.42 Å². The molecule has 0 saturated heterocycles. The molecule has 0 bridgehead atoms. The van der Waals surface area contributed by atoms with Gasteiger partial charge >= 0.3 is 0 Å². The molecule has 4 nitrogen and oxygen atoms in total. The summed E-state index contributed by atoms with van der Waals surface area (Å²) in [5.74, 6) is -0.280. The van der Waals surface area contributed by atoms with E-state index >= 15 is 0 Å². The van der Waals surface area contributed by atoms with Crippen molar-refractivity contribution in [3.05, 3.63) is 27.8 Å². The van der Waals surface area contributed by atoms with E-state index in [0.717, 1.165) is 3.57 Å². The van der Waals surface area contributed by atoms with Crippen LogP contribution < -0.4 is 4.72 Å². The van der Waals surface area contributed by atoms with Gasteiger partial charge in [0.05, 0.1) is 18.0 Å².